The maximum Gasteiger partial charge on any atom is 0.416 e. The number of halogens is 3. The molecular weight excluding hydrogens is 607 g/mol. The van der Waals surface area contributed by atoms with Gasteiger partial charge >= 0.3 is 6.18 Å². The maximum atomic E-state index is 13.4. The van der Waals surface area contributed by atoms with Gasteiger partial charge in [-0.2, -0.15) is 13.2 Å². The average molecular weight is 640 g/mol. The van der Waals surface area contributed by atoms with Gasteiger partial charge in [0.05, 0.1) is 22.3 Å². The minimum atomic E-state index is -4.48. The van der Waals surface area contributed by atoms with Gasteiger partial charge in [0.1, 0.15) is 11.9 Å². The number of unbranched alkanes of at least 4 members (excludes halogenated alkanes) is 1. The van der Waals surface area contributed by atoms with Gasteiger partial charge in [0.15, 0.2) is 0 Å². The first kappa shape index (κ1) is 32.8. The molecule has 2 aromatic heterocycles. The zero-order chi connectivity index (χ0) is 33.6. The molecule has 0 saturated heterocycles. The molecule has 240 valence electrons. The van der Waals surface area contributed by atoms with Gasteiger partial charge in [-0.15, -0.1) is 0 Å². The number of alkyl halides is 3. The lowest BCUT2D eigenvalue weighted by Crippen LogP contribution is -2.41. The molecule has 1 atom stereocenters. The largest absolute Gasteiger partial charge is 0.416 e. The van der Waals surface area contributed by atoms with Crippen LogP contribution < -0.4 is 10.6 Å². The third-order valence-electron chi connectivity index (χ3n) is 7.61. The van der Waals surface area contributed by atoms with Crippen molar-refractivity contribution in [3.8, 4) is 11.3 Å². The number of carbonyl (C=O) groups is 3. The predicted octanol–water partition coefficient (Wildman–Crippen LogP) is 7.30. The van der Waals surface area contributed by atoms with Crippen LogP contribution in [0, 0.1) is 0 Å². The number of hydrogen-bond acceptors (Lipinski definition) is 5. The number of fused-ring (bicyclic) bond motifs is 1. The lowest BCUT2D eigenvalue weighted by atomic mass is 10.0. The SMILES string of the molecule is CCCCN(C)C(=O)[C@@H](NC(=O)c1ccc2nc(NC(=O)c3cccnc3-c3ccc(C(F)(F)F)cc3)ccc2c1)c1ccccc1. The van der Waals surface area contributed by atoms with E-state index in [1.807, 2.05) is 25.1 Å². The summed E-state index contributed by atoms with van der Waals surface area (Å²) in [5.41, 5.74) is 1.43. The Morgan fingerprint density at radius 3 is 2.32 bits per heavy atom. The minimum absolute atomic E-state index is 0.157. The maximum absolute atomic E-state index is 13.4. The van der Waals surface area contributed by atoms with Gasteiger partial charge in [-0.1, -0.05) is 55.8 Å². The highest BCUT2D eigenvalue weighted by molar-refractivity contribution is 6.08. The topological polar surface area (TPSA) is 104 Å². The van der Waals surface area contributed by atoms with Gasteiger partial charge in [-0.05, 0) is 66.6 Å². The summed E-state index contributed by atoms with van der Waals surface area (Å²) < 4.78 is 39.1. The fraction of sp³-hybridized carbons (Fsp3) is 0.194. The Labute approximate surface area is 269 Å². The summed E-state index contributed by atoms with van der Waals surface area (Å²) in [5, 5.41) is 6.24. The van der Waals surface area contributed by atoms with Gasteiger partial charge in [0.2, 0.25) is 5.91 Å². The molecule has 0 spiro atoms. The van der Waals surface area contributed by atoms with Crippen LogP contribution in [0.4, 0.5) is 19.0 Å². The Bertz CT molecular complexity index is 1900. The number of nitrogens with zero attached hydrogens (tertiary/aromatic N) is 3. The van der Waals surface area contributed by atoms with Crippen LogP contribution in [0.25, 0.3) is 22.2 Å². The number of aromatic nitrogens is 2. The van der Waals surface area contributed by atoms with E-state index < -0.39 is 29.6 Å². The van der Waals surface area contributed by atoms with Crippen molar-refractivity contribution in [2.24, 2.45) is 0 Å². The molecule has 0 saturated carbocycles. The zero-order valence-corrected chi connectivity index (χ0v) is 25.7. The molecule has 5 aromatic rings. The van der Waals surface area contributed by atoms with Gasteiger partial charge in [0.25, 0.3) is 11.8 Å². The second-order valence-electron chi connectivity index (χ2n) is 11.0. The van der Waals surface area contributed by atoms with Crippen LogP contribution in [-0.2, 0) is 11.0 Å². The number of benzene rings is 3. The normalized spacial score (nSPS) is 11.9. The summed E-state index contributed by atoms with van der Waals surface area (Å²) in [6.45, 7) is 2.62. The van der Waals surface area contributed by atoms with Crippen molar-refractivity contribution in [1.29, 1.82) is 0 Å². The summed E-state index contributed by atoms with van der Waals surface area (Å²) >= 11 is 0. The molecule has 0 aliphatic heterocycles. The molecule has 2 heterocycles. The Kier molecular flexibility index (Phi) is 9.94. The molecule has 5 rings (SSSR count). The highest BCUT2D eigenvalue weighted by Crippen LogP contribution is 2.31. The lowest BCUT2D eigenvalue weighted by Gasteiger charge is -2.25. The lowest BCUT2D eigenvalue weighted by molar-refractivity contribution is -0.137. The summed E-state index contributed by atoms with van der Waals surface area (Å²) in [4.78, 5) is 50.3. The van der Waals surface area contributed by atoms with Crippen LogP contribution in [-0.4, -0.2) is 46.2 Å². The van der Waals surface area contributed by atoms with E-state index in [1.165, 1.54) is 24.4 Å². The van der Waals surface area contributed by atoms with Crippen LogP contribution >= 0.6 is 0 Å². The molecule has 11 heteroatoms. The summed E-state index contributed by atoms with van der Waals surface area (Å²) in [6.07, 6.45) is -1.25. The highest BCUT2D eigenvalue weighted by atomic mass is 19.4. The first-order valence-corrected chi connectivity index (χ1v) is 15.0. The molecule has 3 amide bonds. The second kappa shape index (κ2) is 14.2. The quantitative estimate of drug-likeness (QED) is 0.167. The van der Waals surface area contributed by atoms with E-state index in [-0.39, 0.29) is 23.0 Å². The van der Waals surface area contributed by atoms with Crippen molar-refractivity contribution >= 4 is 34.4 Å². The molecule has 3 aromatic carbocycles. The van der Waals surface area contributed by atoms with Crippen LogP contribution in [0.3, 0.4) is 0 Å². The molecule has 2 N–H and O–H groups in total. The summed E-state index contributed by atoms with van der Waals surface area (Å²) in [5.74, 6) is -0.957. The van der Waals surface area contributed by atoms with E-state index in [0.717, 1.165) is 25.0 Å². The van der Waals surface area contributed by atoms with Gasteiger partial charge < -0.3 is 15.5 Å². The predicted molar refractivity (Wildman–Crippen MR) is 174 cm³/mol. The van der Waals surface area contributed by atoms with Crippen molar-refractivity contribution in [2.75, 3.05) is 18.9 Å². The Morgan fingerprint density at radius 2 is 1.62 bits per heavy atom. The number of nitrogens with one attached hydrogen (secondary N) is 2. The summed E-state index contributed by atoms with van der Waals surface area (Å²) in [7, 11) is 1.72. The molecule has 0 radical (unpaired) electrons. The molecule has 8 nitrogen and oxygen atoms in total. The standard InChI is InChI=1S/C36H32F3N5O3/c1-3-4-21-44(2)35(47)32(23-9-6-5-7-10-23)43-33(45)26-14-18-29-25(22-26)15-19-30(41-29)42-34(46)28-11-8-20-40-31(28)24-12-16-27(17-13-24)36(37,38)39/h5-20,22,32H,3-4,21H2,1-2H3,(H,43,45)(H,41,42,46)/t32-/m0/s1. The first-order valence-electron chi connectivity index (χ1n) is 15.0. The second-order valence-corrected chi connectivity index (χ2v) is 11.0. The Morgan fingerprint density at radius 1 is 0.872 bits per heavy atom. The van der Waals surface area contributed by atoms with E-state index >= 15 is 0 Å². The number of hydrogen-bond donors (Lipinski definition) is 2. The third-order valence-corrected chi connectivity index (χ3v) is 7.61. The molecular formula is C36H32F3N5O3. The fourth-order valence-corrected chi connectivity index (χ4v) is 5.03. The molecule has 0 bridgehead atoms. The van der Waals surface area contributed by atoms with Gasteiger partial charge in [-0.3, -0.25) is 19.4 Å². The molecule has 47 heavy (non-hydrogen) atoms. The van der Waals surface area contributed by atoms with Crippen molar-refractivity contribution in [2.45, 2.75) is 32.0 Å². The smallest absolute Gasteiger partial charge is 0.344 e. The number of carbonyl (C=O) groups excluding carboxylic acids is 3. The van der Waals surface area contributed by atoms with Crippen LogP contribution in [0.15, 0.2) is 103 Å². The zero-order valence-electron chi connectivity index (χ0n) is 25.7. The van der Waals surface area contributed by atoms with Crippen molar-refractivity contribution in [1.82, 2.24) is 20.2 Å². The van der Waals surface area contributed by atoms with Gasteiger partial charge in [0, 0.05) is 36.3 Å². The Balaban J connectivity index is 1.33. The number of amides is 3. The average Bonchev–Trinajstić information content (AvgIpc) is 3.09. The third kappa shape index (κ3) is 7.81. The molecule has 0 unspecified atom stereocenters. The van der Waals surface area contributed by atoms with E-state index in [2.05, 4.69) is 20.6 Å². The number of anilines is 1. The highest BCUT2D eigenvalue weighted by Gasteiger charge is 2.30. The van der Waals surface area contributed by atoms with E-state index in [4.69, 9.17) is 0 Å². The number of pyridine rings is 2. The molecule has 0 fully saturated rings. The summed E-state index contributed by atoms with van der Waals surface area (Å²) in [6, 6.07) is 23.9. The van der Waals surface area contributed by atoms with Crippen molar-refractivity contribution in [3.63, 3.8) is 0 Å². The van der Waals surface area contributed by atoms with E-state index in [0.29, 0.717) is 34.1 Å². The van der Waals surface area contributed by atoms with Crippen LogP contribution in [0.5, 0.6) is 0 Å². The molecule has 0 aliphatic rings. The first-order chi connectivity index (χ1) is 22.5. The van der Waals surface area contributed by atoms with Crippen molar-refractivity contribution in [3.05, 3.63) is 126 Å². The van der Waals surface area contributed by atoms with E-state index in [9.17, 15) is 27.6 Å². The minimum Gasteiger partial charge on any atom is -0.344 e. The molecule has 0 aliphatic carbocycles. The van der Waals surface area contributed by atoms with E-state index in [1.54, 1.807) is 60.5 Å². The van der Waals surface area contributed by atoms with Crippen LogP contribution in [0.1, 0.15) is 57.7 Å². The number of rotatable bonds is 10. The monoisotopic (exact) mass is 639 g/mol. The van der Waals surface area contributed by atoms with Crippen molar-refractivity contribution < 1.29 is 27.6 Å². The fourth-order valence-electron chi connectivity index (χ4n) is 5.03. The Hall–Kier alpha value is -5.58. The van der Waals surface area contributed by atoms with Crippen LogP contribution in [0.2, 0.25) is 0 Å². The number of likely N-dealkylation sites (N-methyl/N-ethyl adjacent to an activating group) is 1. The van der Waals surface area contributed by atoms with Gasteiger partial charge in [-0.25, -0.2) is 4.98 Å².